The van der Waals surface area contributed by atoms with Crippen LogP contribution in [0.15, 0.2) is 11.9 Å². The summed E-state index contributed by atoms with van der Waals surface area (Å²) < 4.78 is 0. The number of unbranched alkanes of at least 4 members (excludes halogenated alkanes) is 1. The Kier molecular flexibility index (Phi) is 3.72. The first-order chi connectivity index (χ1) is 8.15. The van der Waals surface area contributed by atoms with Crippen LogP contribution in [0.2, 0.25) is 0 Å². The van der Waals surface area contributed by atoms with Crippen LogP contribution in [0.5, 0.6) is 0 Å². The minimum absolute atomic E-state index is 0.559. The van der Waals surface area contributed by atoms with Crippen LogP contribution < -0.4 is 0 Å². The highest BCUT2D eigenvalue weighted by atomic mass is 16.1. The maximum atomic E-state index is 10.4. The molecule has 1 aliphatic heterocycles. The molecule has 1 atom stereocenters. The fraction of sp³-hybridized carbons (Fsp3) is 0.769. The average molecular weight is 237 g/mol. The molecule has 0 bridgehead atoms. The minimum atomic E-state index is 0.559. The molecule has 17 heavy (non-hydrogen) atoms. The van der Waals surface area contributed by atoms with E-state index in [0.717, 1.165) is 25.2 Å². The van der Waals surface area contributed by atoms with Gasteiger partial charge < -0.3 is 9.69 Å². The van der Waals surface area contributed by atoms with Crippen molar-refractivity contribution in [2.75, 3.05) is 27.7 Å². The van der Waals surface area contributed by atoms with Gasteiger partial charge in [-0.1, -0.05) is 0 Å². The molecule has 1 unspecified atom stereocenters. The van der Waals surface area contributed by atoms with Gasteiger partial charge in [0, 0.05) is 34.1 Å². The van der Waals surface area contributed by atoms with Gasteiger partial charge in [-0.3, -0.25) is 5.01 Å². The molecule has 0 saturated heterocycles. The molecule has 96 valence electrons. The quantitative estimate of drug-likeness (QED) is 0.514. The van der Waals surface area contributed by atoms with Crippen LogP contribution in [0.4, 0.5) is 0 Å². The molecule has 1 saturated carbocycles. The molecule has 2 rings (SSSR count). The lowest BCUT2D eigenvalue weighted by molar-refractivity contribution is -0.108. The van der Waals surface area contributed by atoms with E-state index in [1.807, 2.05) is 0 Å². The summed E-state index contributed by atoms with van der Waals surface area (Å²) >= 11 is 0. The van der Waals surface area contributed by atoms with Gasteiger partial charge in [-0.25, -0.2) is 5.01 Å². The summed E-state index contributed by atoms with van der Waals surface area (Å²) in [5.74, 6) is 2.11. The standard InChI is InChI=1S/C13H23N3O/c1-14(2)13-10-12(11-6-7-11)15(3)16(13)8-4-5-9-17/h9-12H,4-8H2,1-3H3. The van der Waals surface area contributed by atoms with E-state index >= 15 is 0 Å². The van der Waals surface area contributed by atoms with E-state index in [0.29, 0.717) is 12.5 Å². The first-order valence-corrected chi connectivity index (χ1v) is 6.48. The third-order valence-electron chi connectivity index (χ3n) is 3.65. The van der Waals surface area contributed by atoms with Crippen molar-refractivity contribution in [1.29, 1.82) is 0 Å². The number of nitrogens with zero attached hydrogens (tertiary/aromatic N) is 3. The molecule has 1 fully saturated rings. The molecular weight excluding hydrogens is 214 g/mol. The second-order valence-corrected chi connectivity index (χ2v) is 5.25. The predicted molar refractivity (Wildman–Crippen MR) is 68.0 cm³/mol. The van der Waals surface area contributed by atoms with Crippen LogP contribution in [0.1, 0.15) is 25.7 Å². The van der Waals surface area contributed by atoms with Crippen LogP contribution in [-0.2, 0) is 4.79 Å². The highest BCUT2D eigenvalue weighted by Crippen LogP contribution is 2.40. The molecule has 0 aromatic rings. The van der Waals surface area contributed by atoms with Crippen LogP contribution in [0.3, 0.4) is 0 Å². The summed E-state index contributed by atoms with van der Waals surface area (Å²) in [4.78, 5) is 12.6. The van der Waals surface area contributed by atoms with E-state index < -0.39 is 0 Å². The van der Waals surface area contributed by atoms with Crippen LogP contribution in [-0.4, -0.2) is 54.9 Å². The normalized spacial score (nSPS) is 25.0. The van der Waals surface area contributed by atoms with Crippen molar-refractivity contribution in [3.05, 3.63) is 11.9 Å². The molecule has 4 nitrogen and oxygen atoms in total. The summed E-state index contributed by atoms with van der Waals surface area (Å²) in [5, 5.41) is 4.66. The predicted octanol–water partition coefficient (Wildman–Crippen LogP) is 1.31. The van der Waals surface area contributed by atoms with Gasteiger partial charge in [-0.15, -0.1) is 0 Å². The van der Waals surface area contributed by atoms with Crippen LogP contribution in [0.25, 0.3) is 0 Å². The Labute approximate surface area is 104 Å². The second kappa shape index (κ2) is 5.08. The lowest BCUT2D eigenvalue weighted by Gasteiger charge is -2.34. The zero-order chi connectivity index (χ0) is 12.4. The third kappa shape index (κ3) is 2.63. The van der Waals surface area contributed by atoms with Gasteiger partial charge >= 0.3 is 0 Å². The van der Waals surface area contributed by atoms with Gasteiger partial charge in [0.1, 0.15) is 12.1 Å². The number of carbonyl (C=O) groups excluding carboxylic acids is 1. The fourth-order valence-corrected chi connectivity index (χ4v) is 2.52. The van der Waals surface area contributed by atoms with Gasteiger partial charge in [0.2, 0.25) is 0 Å². The van der Waals surface area contributed by atoms with Crippen molar-refractivity contribution in [3.8, 4) is 0 Å². The second-order valence-electron chi connectivity index (χ2n) is 5.25. The Balaban J connectivity index is 2.01. The van der Waals surface area contributed by atoms with Gasteiger partial charge in [-0.2, -0.15) is 0 Å². The summed E-state index contributed by atoms with van der Waals surface area (Å²) in [6.07, 6.45) is 7.67. The maximum Gasteiger partial charge on any atom is 0.120 e. The summed E-state index contributed by atoms with van der Waals surface area (Å²) in [6, 6.07) is 0.559. The Bertz CT molecular complexity index is 310. The van der Waals surface area contributed by atoms with Crippen molar-refractivity contribution >= 4 is 6.29 Å². The molecule has 0 aromatic carbocycles. The molecule has 0 spiro atoms. The van der Waals surface area contributed by atoms with Gasteiger partial charge in [-0.05, 0) is 31.3 Å². The topological polar surface area (TPSA) is 26.8 Å². The summed E-state index contributed by atoms with van der Waals surface area (Å²) in [5.41, 5.74) is 0. The number of carbonyl (C=O) groups is 1. The molecular formula is C13H23N3O. The smallest absolute Gasteiger partial charge is 0.120 e. The highest BCUT2D eigenvalue weighted by molar-refractivity contribution is 5.49. The van der Waals surface area contributed by atoms with E-state index in [1.165, 1.54) is 18.7 Å². The fourth-order valence-electron chi connectivity index (χ4n) is 2.52. The van der Waals surface area contributed by atoms with Crippen molar-refractivity contribution in [3.63, 3.8) is 0 Å². The Morgan fingerprint density at radius 1 is 1.47 bits per heavy atom. The first kappa shape index (κ1) is 12.4. The molecule has 0 radical (unpaired) electrons. The zero-order valence-corrected chi connectivity index (χ0v) is 11.1. The molecule has 1 aliphatic carbocycles. The summed E-state index contributed by atoms with van der Waals surface area (Å²) in [6.45, 7) is 0.933. The third-order valence-corrected chi connectivity index (χ3v) is 3.65. The van der Waals surface area contributed by atoms with Crippen LogP contribution in [0, 0.1) is 5.92 Å². The molecule has 4 heteroatoms. The van der Waals surface area contributed by atoms with Crippen molar-refractivity contribution < 1.29 is 4.79 Å². The largest absolute Gasteiger partial charge is 0.364 e. The average Bonchev–Trinajstić information content (AvgIpc) is 3.06. The van der Waals surface area contributed by atoms with Crippen LogP contribution >= 0.6 is 0 Å². The van der Waals surface area contributed by atoms with Gasteiger partial charge in [0.25, 0.3) is 0 Å². The van der Waals surface area contributed by atoms with Crippen molar-refractivity contribution in [2.24, 2.45) is 5.92 Å². The number of hydrazine groups is 1. The monoisotopic (exact) mass is 237 g/mol. The van der Waals surface area contributed by atoms with Gasteiger partial charge in [0.05, 0.1) is 6.04 Å². The lowest BCUT2D eigenvalue weighted by atomic mass is 10.2. The molecule has 0 amide bonds. The number of hydrogen-bond acceptors (Lipinski definition) is 4. The zero-order valence-electron chi connectivity index (χ0n) is 11.1. The van der Waals surface area contributed by atoms with E-state index in [2.05, 4.69) is 42.1 Å². The first-order valence-electron chi connectivity index (χ1n) is 6.48. The number of hydrogen-bond donors (Lipinski definition) is 0. The van der Waals surface area contributed by atoms with E-state index in [9.17, 15) is 4.79 Å². The van der Waals surface area contributed by atoms with E-state index in [4.69, 9.17) is 0 Å². The number of rotatable bonds is 6. The Morgan fingerprint density at radius 3 is 2.71 bits per heavy atom. The highest BCUT2D eigenvalue weighted by Gasteiger charge is 2.39. The molecule has 0 aromatic heterocycles. The Hall–Kier alpha value is -1.03. The van der Waals surface area contributed by atoms with Gasteiger partial charge in [0.15, 0.2) is 0 Å². The summed E-state index contributed by atoms with van der Waals surface area (Å²) in [7, 11) is 6.33. The Morgan fingerprint density at radius 2 is 2.18 bits per heavy atom. The maximum absolute atomic E-state index is 10.4. The van der Waals surface area contributed by atoms with Crippen molar-refractivity contribution in [1.82, 2.24) is 14.9 Å². The molecule has 1 heterocycles. The number of aldehydes is 1. The van der Waals surface area contributed by atoms with E-state index in [1.54, 1.807) is 0 Å². The molecule has 0 N–H and O–H groups in total. The SMILES string of the molecule is CN(C)C1=CC(C2CC2)N(C)N1CCCC=O. The van der Waals surface area contributed by atoms with Crippen molar-refractivity contribution in [2.45, 2.75) is 31.7 Å². The minimum Gasteiger partial charge on any atom is -0.364 e. The lowest BCUT2D eigenvalue weighted by Crippen LogP contribution is -2.42. The number of likely N-dealkylation sites (N-methyl/N-ethyl adjacent to an activating group) is 1. The molecule has 2 aliphatic rings. The van der Waals surface area contributed by atoms with E-state index in [-0.39, 0.29) is 0 Å².